The smallest absolute Gasteiger partial charge is 0.331 e. The van der Waals surface area contributed by atoms with Crippen LogP contribution in [0.1, 0.15) is 38.0 Å². The van der Waals surface area contributed by atoms with Crippen molar-refractivity contribution in [1.82, 2.24) is 4.90 Å². The Morgan fingerprint density at radius 2 is 2.17 bits per heavy atom. The molecular formula is C14H21NO2S. The van der Waals surface area contributed by atoms with Gasteiger partial charge >= 0.3 is 5.97 Å². The van der Waals surface area contributed by atoms with Crippen LogP contribution in [0.15, 0.2) is 17.5 Å². The topological polar surface area (TPSA) is 29.5 Å². The van der Waals surface area contributed by atoms with Gasteiger partial charge in [0, 0.05) is 4.88 Å². The van der Waals surface area contributed by atoms with Gasteiger partial charge in [-0.2, -0.15) is 0 Å². The van der Waals surface area contributed by atoms with E-state index in [2.05, 4.69) is 4.90 Å². The molecule has 1 aromatic rings. The van der Waals surface area contributed by atoms with E-state index < -0.39 is 5.54 Å². The Bertz CT molecular complexity index is 385. The summed E-state index contributed by atoms with van der Waals surface area (Å²) in [6.45, 7) is 6.26. The van der Waals surface area contributed by atoms with E-state index in [0.717, 1.165) is 18.0 Å². The molecule has 4 heteroatoms. The predicted octanol–water partition coefficient (Wildman–Crippen LogP) is 3.01. The second kappa shape index (κ2) is 5.85. The SMILES string of the molecule is CCOC(=O)C(C)(c1cccs1)N1CCCCC1. The van der Waals surface area contributed by atoms with E-state index >= 15 is 0 Å². The molecule has 0 amide bonds. The number of carbonyl (C=O) groups is 1. The Labute approximate surface area is 113 Å². The lowest BCUT2D eigenvalue weighted by molar-refractivity contribution is -0.158. The summed E-state index contributed by atoms with van der Waals surface area (Å²) in [7, 11) is 0. The van der Waals surface area contributed by atoms with Crippen LogP contribution in [-0.4, -0.2) is 30.6 Å². The van der Waals surface area contributed by atoms with Crippen molar-refractivity contribution in [1.29, 1.82) is 0 Å². The molecule has 1 atom stereocenters. The minimum Gasteiger partial charge on any atom is -0.464 e. The average molecular weight is 267 g/mol. The number of piperidine rings is 1. The van der Waals surface area contributed by atoms with Gasteiger partial charge in [0.1, 0.15) is 0 Å². The summed E-state index contributed by atoms with van der Waals surface area (Å²) in [5.41, 5.74) is -0.607. The van der Waals surface area contributed by atoms with Gasteiger partial charge in [-0.3, -0.25) is 4.90 Å². The number of nitrogens with zero attached hydrogens (tertiary/aromatic N) is 1. The number of likely N-dealkylation sites (tertiary alicyclic amines) is 1. The number of hydrogen-bond donors (Lipinski definition) is 0. The van der Waals surface area contributed by atoms with Crippen LogP contribution in [0, 0.1) is 0 Å². The molecule has 0 aliphatic carbocycles. The summed E-state index contributed by atoms with van der Waals surface area (Å²) in [4.78, 5) is 15.8. The number of thiophene rings is 1. The molecular weight excluding hydrogens is 246 g/mol. The molecule has 0 N–H and O–H groups in total. The second-order valence-electron chi connectivity index (χ2n) is 4.82. The lowest BCUT2D eigenvalue weighted by atomic mass is 9.94. The normalized spacial score (nSPS) is 20.3. The highest BCUT2D eigenvalue weighted by molar-refractivity contribution is 7.10. The predicted molar refractivity (Wildman–Crippen MR) is 73.7 cm³/mol. The van der Waals surface area contributed by atoms with E-state index in [1.165, 1.54) is 19.3 Å². The third-order valence-corrected chi connectivity index (χ3v) is 4.74. The zero-order chi connectivity index (χ0) is 13.0. The lowest BCUT2D eigenvalue weighted by Gasteiger charge is -2.40. The van der Waals surface area contributed by atoms with Crippen LogP contribution in [0.3, 0.4) is 0 Å². The van der Waals surface area contributed by atoms with Crippen LogP contribution in [0.2, 0.25) is 0 Å². The summed E-state index contributed by atoms with van der Waals surface area (Å²) < 4.78 is 5.31. The molecule has 1 unspecified atom stereocenters. The number of ether oxygens (including phenoxy) is 1. The fourth-order valence-electron chi connectivity index (χ4n) is 2.55. The number of carbonyl (C=O) groups excluding carboxylic acids is 1. The molecule has 0 radical (unpaired) electrons. The first kappa shape index (κ1) is 13.6. The van der Waals surface area contributed by atoms with E-state index in [1.54, 1.807) is 11.3 Å². The summed E-state index contributed by atoms with van der Waals surface area (Å²) in [6.07, 6.45) is 3.60. The van der Waals surface area contributed by atoms with E-state index in [-0.39, 0.29) is 5.97 Å². The molecule has 1 fully saturated rings. The Kier molecular flexibility index (Phi) is 4.40. The summed E-state index contributed by atoms with van der Waals surface area (Å²) in [5.74, 6) is -0.116. The van der Waals surface area contributed by atoms with Crippen molar-refractivity contribution in [2.75, 3.05) is 19.7 Å². The first-order valence-electron chi connectivity index (χ1n) is 6.66. The largest absolute Gasteiger partial charge is 0.464 e. The molecule has 2 heterocycles. The molecule has 0 aromatic carbocycles. The average Bonchev–Trinajstić information content (AvgIpc) is 2.93. The van der Waals surface area contributed by atoms with Crippen LogP contribution in [-0.2, 0) is 15.1 Å². The highest BCUT2D eigenvalue weighted by Gasteiger charge is 2.43. The first-order valence-corrected chi connectivity index (χ1v) is 7.53. The summed E-state index contributed by atoms with van der Waals surface area (Å²) in [5, 5.41) is 2.02. The Morgan fingerprint density at radius 1 is 1.44 bits per heavy atom. The van der Waals surface area contributed by atoms with Gasteiger partial charge in [0.05, 0.1) is 6.61 Å². The first-order chi connectivity index (χ1) is 8.69. The fraction of sp³-hybridized carbons (Fsp3) is 0.643. The highest BCUT2D eigenvalue weighted by Crippen LogP contribution is 2.35. The van der Waals surface area contributed by atoms with E-state index in [4.69, 9.17) is 4.74 Å². The van der Waals surface area contributed by atoms with Gasteiger partial charge in [-0.1, -0.05) is 12.5 Å². The monoisotopic (exact) mass is 267 g/mol. The Balaban J connectivity index is 2.29. The van der Waals surface area contributed by atoms with Crippen LogP contribution in [0.25, 0.3) is 0 Å². The van der Waals surface area contributed by atoms with Gasteiger partial charge < -0.3 is 4.74 Å². The maximum absolute atomic E-state index is 12.4. The molecule has 18 heavy (non-hydrogen) atoms. The maximum Gasteiger partial charge on any atom is 0.331 e. The summed E-state index contributed by atoms with van der Waals surface area (Å²) >= 11 is 1.64. The van der Waals surface area contributed by atoms with Crippen molar-refractivity contribution in [3.8, 4) is 0 Å². The maximum atomic E-state index is 12.4. The molecule has 100 valence electrons. The number of rotatable bonds is 4. The van der Waals surface area contributed by atoms with Gasteiger partial charge in [-0.15, -0.1) is 11.3 Å². The van der Waals surface area contributed by atoms with Crippen molar-refractivity contribution in [2.45, 2.75) is 38.6 Å². The van der Waals surface area contributed by atoms with Crippen molar-refractivity contribution in [3.05, 3.63) is 22.4 Å². The van der Waals surface area contributed by atoms with Gasteiger partial charge in [-0.05, 0) is 51.2 Å². The molecule has 0 bridgehead atoms. The standard InChI is InChI=1S/C14H21NO2S/c1-3-17-13(16)14(2,12-8-7-11-18-12)15-9-5-4-6-10-15/h7-8,11H,3-6,9-10H2,1-2H3. The van der Waals surface area contributed by atoms with Gasteiger partial charge in [0.15, 0.2) is 5.54 Å². The third-order valence-electron chi connectivity index (χ3n) is 3.66. The molecule has 2 rings (SSSR count). The van der Waals surface area contributed by atoms with Crippen LogP contribution in [0.5, 0.6) is 0 Å². The fourth-order valence-corrected chi connectivity index (χ4v) is 3.46. The minimum absolute atomic E-state index is 0.116. The second-order valence-corrected chi connectivity index (χ2v) is 5.77. The van der Waals surface area contributed by atoms with E-state index in [9.17, 15) is 4.79 Å². The van der Waals surface area contributed by atoms with Crippen LogP contribution in [0.4, 0.5) is 0 Å². The summed E-state index contributed by atoms with van der Waals surface area (Å²) in [6, 6.07) is 4.04. The Morgan fingerprint density at radius 3 is 2.72 bits per heavy atom. The number of esters is 1. The highest BCUT2D eigenvalue weighted by atomic mass is 32.1. The van der Waals surface area contributed by atoms with Crippen molar-refractivity contribution in [3.63, 3.8) is 0 Å². The number of hydrogen-bond acceptors (Lipinski definition) is 4. The minimum atomic E-state index is -0.607. The molecule has 1 saturated heterocycles. The lowest BCUT2D eigenvalue weighted by Crippen LogP contribution is -2.52. The zero-order valence-corrected chi connectivity index (χ0v) is 12.0. The zero-order valence-electron chi connectivity index (χ0n) is 11.1. The van der Waals surface area contributed by atoms with Crippen molar-refractivity contribution >= 4 is 17.3 Å². The van der Waals surface area contributed by atoms with Gasteiger partial charge in [0.25, 0.3) is 0 Å². The molecule has 3 nitrogen and oxygen atoms in total. The third kappa shape index (κ3) is 2.45. The van der Waals surface area contributed by atoms with Gasteiger partial charge in [-0.25, -0.2) is 4.79 Å². The van der Waals surface area contributed by atoms with Crippen LogP contribution >= 0.6 is 11.3 Å². The molecule has 1 aliphatic heterocycles. The van der Waals surface area contributed by atoms with Gasteiger partial charge in [0.2, 0.25) is 0 Å². The molecule has 0 saturated carbocycles. The molecule has 1 aromatic heterocycles. The molecule has 0 spiro atoms. The van der Waals surface area contributed by atoms with E-state index in [0.29, 0.717) is 6.61 Å². The van der Waals surface area contributed by atoms with Crippen molar-refractivity contribution in [2.24, 2.45) is 0 Å². The van der Waals surface area contributed by atoms with Crippen LogP contribution < -0.4 is 0 Å². The Hall–Kier alpha value is -0.870. The quantitative estimate of drug-likeness (QED) is 0.785. The van der Waals surface area contributed by atoms with Crippen molar-refractivity contribution < 1.29 is 9.53 Å². The molecule has 1 aliphatic rings. The van der Waals surface area contributed by atoms with E-state index in [1.807, 2.05) is 31.4 Å².